The van der Waals surface area contributed by atoms with Gasteiger partial charge in [0, 0.05) is 11.1 Å². The van der Waals surface area contributed by atoms with E-state index in [1.54, 1.807) is 13.2 Å². The SMILES string of the molecule is COC(=O)c1cc(Nc2ccc(OC)cc2)c2cccc(C)c2n1. The van der Waals surface area contributed by atoms with Crippen LogP contribution in [0, 0.1) is 6.92 Å². The van der Waals surface area contributed by atoms with Crippen molar-refractivity contribution in [1.82, 2.24) is 4.98 Å². The maximum absolute atomic E-state index is 11.9. The third-order valence-electron chi connectivity index (χ3n) is 3.80. The number of anilines is 2. The number of pyridine rings is 1. The van der Waals surface area contributed by atoms with Crippen molar-refractivity contribution in [3.8, 4) is 5.75 Å². The van der Waals surface area contributed by atoms with Crippen molar-refractivity contribution in [2.45, 2.75) is 6.92 Å². The Morgan fingerprint density at radius 1 is 1.08 bits per heavy atom. The Labute approximate surface area is 140 Å². The topological polar surface area (TPSA) is 60.5 Å². The van der Waals surface area contributed by atoms with Crippen molar-refractivity contribution in [2.24, 2.45) is 0 Å². The zero-order valence-corrected chi connectivity index (χ0v) is 13.8. The molecule has 24 heavy (non-hydrogen) atoms. The van der Waals surface area contributed by atoms with E-state index in [-0.39, 0.29) is 5.69 Å². The number of aromatic nitrogens is 1. The van der Waals surface area contributed by atoms with Crippen LogP contribution < -0.4 is 10.1 Å². The molecule has 0 aliphatic carbocycles. The highest BCUT2D eigenvalue weighted by Crippen LogP contribution is 2.29. The molecule has 0 saturated heterocycles. The highest BCUT2D eigenvalue weighted by atomic mass is 16.5. The zero-order chi connectivity index (χ0) is 17.1. The van der Waals surface area contributed by atoms with Gasteiger partial charge < -0.3 is 14.8 Å². The third-order valence-corrected chi connectivity index (χ3v) is 3.80. The predicted octanol–water partition coefficient (Wildman–Crippen LogP) is 4.08. The van der Waals surface area contributed by atoms with Crippen molar-refractivity contribution in [1.29, 1.82) is 0 Å². The summed E-state index contributed by atoms with van der Waals surface area (Å²) in [5, 5.41) is 4.28. The number of benzene rings is 2. The highest BCUT2D eigenvalue weighted by Gasteiger charge is 2.13. The molecule has 1 N–H and O–H groups in total. The number of carbonyl (C=O) groups excluding carboxylic acids is 1. The molecule has 1 heterocycles. The Morgan fingerprint density at radius 2 is 1.83 bits per heavy atom. The number of rotatable bonds is 4. The van der Waals surface area contributed by atoms with Gasteiger partial charge in [-0.2, -0.15) is 0 Å². The maximum atomic E-state index is 11.9. The van der Waals surface area contributed by atoms with Gasteiger partial charge in [0.25, 0.3) is 0 Å². The molecule has 5 nitrogen and oxygen atoms in total. The number of nitrogens with zero attached hydrogens (tertiary/aromatic N) is 1. The average Bonchev–Trinajstić information content (AvgIpc) is 2.62. The number of fused-ring (bicyclic) bond motifs is 1. The van der Waals surface area contributed by atoms with E-state index in [1.165, 1.54) is 7.11 Å². The lowest BCUT2D eigenvalue weighted by Crippen LogP contribution is -2.06. The van der Waals surface area contributed by atoms with E-state index in [0.29, 0.717) is 0 Å². The van der Waals surface area contributed by atoms with Crippen LogP contribution in [0.1, 0.15) is 16.1 Å². The number of ether oxygens (including phenoxy) is 2. The minimum atomic E-state index is -0.460. The van der Waals surface area contributed by atoms with E-state index in [4.69, 9.17) is 9.47 Å². The molecule has 0 aliphatic heterocycles. The molecule has 1 aromatic heterocycles. The van der Waals surface area contributed by atoms with Crippen LogP contribution in [-0.4, -0.2) is 25.2 Å². The molecule has 3 aromatic rings. The molecule has 0 saturated carbocycles. The molecular formula is C19H18N2O3. The monoisotopic (exact) mass is 322 g/mol. The number of nitrogens with one attached hydrogen (secondary N) is 1. The molecule has 3 rings (SSSR count). The molecule has 0 amide bonds. The lowest BCUT2D eigenvalue weighted by atomic mass is 10.1. The first-order valence-corrected chi connectivity index (χ1v) is 7.52. The van der Waals surface area contributed by atoms with Gasteiger partial charge in [0.15, 0.2) is 5.69 Å². The fraction of sp³-hybridized carbons (Fsp3) is 0.158. The summed E-state index contributed by atoms with van der Waals surface area (Å²) in [5.41, 5.74) is 3.73. The second-order valence-electron chi connectivity index (χ2n) is 5.37. The number of hydrogen-bond donors (Lipinski definition) is 1. The molecule has 0 aliphatic rings. The largest absolute Gasteiger partial charge is 0.497 e. The minimum Gasteiger partial charge on any atom is -0.497 e. The summed E-state index contributed by atoms with van der Waals surface area (Å²) in [4.78, 5) is 16.4. The normalized spacial score (nSPS) is 10.5. The van der Waals surface area contributed by atoms with Crippen LogP contribution >= 0.6 is 0 Å². The molecule has 0 atom stereocenters. The van der Waals surface area contributed by atoms with Gasteiger partial charge in [0.1, 0.15) is 5.75 Å². The van der Waals surface area contributed by atoms with Gasteiger partial charge in [0.05, 0.1) is 25.4 Å². The first-order chi connectivity index (χ1) is 11.6. The Bertz CT molecular complexity index is 889. The van der Waals surface area contributed by atoms with E-state index in [0.717, 1.165) is 33.6 Å². The van der Waals surface area contributed by atoms with Crippen molar-refractivity contribution >= 4 is 28.2 Å². The Kier molecular flexibility index (Phi) is 4.33. The van der Waals surface area contributed by atoms with Crippen molar-refractivity contribution in [2.75, 3.05) is 19.5 Å². The molecule has 0 fully saturated rings. The molecule has 2 aromatic carbocycles. The number of carbonyl (C=O) groups is 1. The zero-order valence-electron chi connectivity index (χ0n) is 13.8. The molecule has 0 spiro atoms. The van der Waals surface area contributed by atoms with Crippen LogP contribution in [0.15, 0.2) is 48.5 Å². The first kappa shape index (κ1) is 15.8. The predicted molar refractivity (Wildman–Crippen MR) is 94.1 cm³/mol. The highest BCUT2D eigenvalue weighted by molar-refractivity contribution is 5.99. The van der Waals surface area contributed by atoms with Crippen LogP contribution in [0.2, 0.25) is 0 Å². The number of para-hydroxylation sites is 1. The standard InChI is InChI=1S/C19H18N2O3/c1-12-5-4-6-15-16(11-17(19(22)24-3)21-18(12)15)20-13-7-9-14(23-2)10-8-13/h4-11H,1-3H3,(H,20,21). The summed E-state index contributed by atoms with van der Waals surface area (Å²) in [6.07, 6.45) is 0. The van der Waals surface area contributed by atoms with E-state index in [2.05, 4.69) is 10.3 Å². The van der Waals surface area contributed by atoms with Gasteiger partial charge in [-0.15, -0.1) is 0 Å². The van der Waals surface area contributed by atoms with Crippen LogP contribution in [0.5, 0.6) is 5.75 Å². The van der Waals surface area contributed by atoms with Gasteiger partial charge >= 0.3 is 5.97 Å². The lowest BCUT2D eigenvalue weighted by molar-refractivity contribution is 0.0594. The van der Waals surface area contributed by atoms with Gasteiger partial charge in [0.2, 0.25) is 0 Å². The quantitative estimate of drug-likeness (QED) is 0.733. The van der Waals surface area contributed by atoms with Crippen LogP contribution in [0.3, 0.4) is 0 Å². The number of methoxy groups -OCH3 is 2. The average molecular weight is 322 g/mol. The number of aryl methyl sites for hydroxylation is 1. The van der Waals surface area contributed by atoms with Crippen molar-refractivity contribution in [3.63, 3.8) is 0 Å². The molecular weight excluding hydrogens is 304 g/mol. The minimum absolute atomic E-state index is 0.273. The number of hydrogen-bond acceptors (Lipinski definition) is 5. The Balaban J connectivity index is 2.10. The van der Waals surface area contributed by atoms with Gasteiger partial charge in [-0.3, -0.25) is 0 Å². The fourth-order valence-electron chi connectivity index (χ4n) is 2.53. The first-order valence-electron chi connectivity index (χ1n) is 7.52. The van der Waals surface area contributed by atoms with Gasteiger partial charge in [-0.25, -0.2) is 9.78 Å². The summed E-state index contributed by atoms with van der Waals surface area (Å²) >= 11 is 0. The van der Waals surface area contributed by atoms with Crippen LogP contribution in [-0.2, 0) is 4.74 Å². The van der Waals surface area contributed by atoms with Crippen LogP contribution in [0.4, 0.5) is 11.4 Å². The third kappa shape index (κ3) is 3.01. The second kappa shape index (κ2) is 6.58. The summed E-state index contributed by atoms with van der Waals surface area (Å²) < 4.78 is 9.99. The molecule has 5 heteroatoms. The molecule has 0 radical (unpaired) electrons. The van der Waals surface area contributed by atoms with E-state index in [1.807, 2.05) is 49.4 Å². The summed E-state index contributed by atoms with van der Waals surface area (Å²) in [6, 6.07) is 15.2. The lowest BCUT2D eigenvalue weighted by Gasteiger charge is -2.13. The Hall–Kier alpha value is -3.08. The molecule has 0 bridgehead atoms. The van der Waals surface area contributed by atoms with Gasteiger partial charge in [-0.1, -0.05) is 18.2 Å². The molecule has 122 valence electrons. The summed E-state index contributed by atoms with van der Waals surface area (Å²) in [6.45, 7) is 1.97. The number of esters is 1. The fourth-order valence-corrected chi connectivity index (χ4v) is 2.53. The molecule has 0 unspecified atom stereocenters. The smallest absolute Gasteiger partial charge is 0.356 e. The summed E-state index contributed by atoms with van der Waals surface area (Å²) in [5.74, 6) is 0.323. The second-order valence-corrected chi connectivity index (χ2v) is 5.37. The Morgan fingerprint density at radius 3 is 2.50 bits per heavy atom. The van der Waals surface area contributed by atoms with Crippen molar-refractivity contribution < 1.29 is 14.3 Å². The van der Waals surface area contributed by atoms with E-state index < -0.39 is 5.97 Å². The van der Waals surface area contributed by atoms with Gasteiger partial charge in [-0.05, 0) is 42.8 Å². The van der Waals surface area contributed by atoms with Crippen molar-refractivity contribution in [3.05, 3.63) is 59.8 Å². The van der Waals surface area contributed by atoms with Crippen LogP contribution in [0.25, 0.3) is 10.9 Å². The maximum Gasteiger partial charge on any atom is 0.356 e. The van der Waals surface area contributed by atoms with E-state index in [9.17, 15) is 4.79 Å². The summed E-state index contributed by atoms with van der Waals surface area (Å²) in [7, 11) is 2.98. The van der Waals surface area contributed by atoms with E-state index >= 15 is 0 Å².